The molecule has 0 spiro atoms. The lowest BCUT2D eigenvalue weighted by Gasteiger charge is -2.22. The smallest absolute Gasteiger partial charge is 0.350 e. The zero-order valence-corrected chi connectivity index (χ0v) is 16.8. The number of hydrogen-bond donors (Lipinski definition) is 2. The molecule has 2 N–H and O–H groups in total. The summed E-state index contributed by atoms with van der Waals surface area (Å²) in [5.41, 5.74) is -0.481. The van der Waals surface area contributed by atoms with Crippen molar-refractivity contribution in [2.45, 2.75) is 12.5 Å². The summed E-state index contributed by atoms with van der Waals surface area (Å²) < 4.78 is 9.76. The molecule has 0 aliphatic carbocycles. The van der Waals surface area contributed by atoms with Crippen molar-refractivity contribution in [2.75, 3.05) is 26.1 Å². The van der Waals surface area contributed by atoms with E-state index >= 15 is 0 Å². The third-order valence-electron chi connectivity index (χ3n) is 4.55. The number of imide groups is 1. The maximum Gasteiger partial charge on any atom is 0.350 e. The molecule has 1 aromatic carbocycles. The summed E-state index contributed by atoms with van der Waals surface area (Å²) in [6.45, 7) is 1.08. The predicted molar refractivity (Wildman–Crippen MR) is 105 cm³/mol. The van der Waals surface area contributed by atoms with E-state index < -0.39 is 35.9 Å². The van der Waals surface area contributed by atoms with Crippen molar-refractivity contribution in [1.82, 2.24) is 10.2 Å². The zero-order valence-electron chi connectivity index (χ0n) is 16.0. The second kappa shape index (κ2) is 7.92. The summed E-state index contributed by atoms with van der Waals surface area (Å²) >= 11 is 1.11. The first-order valence-corrected chi connectivity index (χ1v) is 9.42. The van der Waals surface area contributed by atoms with Crippen molar-refractivity contribution in [2.24, 2.45) is 0 Å². The van der Waals surface area contributed by atoms with Crippen LogP contribution >= 0.6 is 11.3 Å². The van der Waals surface area contributed by atoms with Gasteiger partial charge in [-0.15, -0.1) is 11.3 Å². The van der Waals surface area contributed by atoms with E-state index in [1.165, 1.54) is 14.2 Å². The number of carbonyl (C=O) groups excluding carboxylic acids is 4. The Morgan fingerprint density at radius 3 is 2.48 bits per heavy atom. The normalized spacial score (nSPS) is 18.4. The monoisotopic (exact) mass is 417 g/mol. The fourth-order valence-electron chi connectivity index (χ4n) is 2.95. The van der Waals surface area contributed by atoms with Gasteiger partial charge in [-0.1, -0.05) is 12.1 Å². The molecule has 1 aliphatic rings. The second-order valence-corrected chi connectivity index (χ2v) is 7.29. The molecule has 2 heterocycles. The third kappa shape index (κ3) is 3.79. The summed E-state index contributed by atoms with van der Waals surface area (Å²) in [7, 11) is 2.76. The quantitative estimate of drug-likeness (QED) is 0.549. The fraction of sp³-hybridized carbons (Fsp3) is 0.263. The van der Waals surface area contributed by atoms with Crippen LogP contribution in [0.25, 0.3) is 0 Å². The highest BCUT2D eigenvalue weighted by molar-refractivity contribution is 7.12. The van der Waals surface area contributed by atoms with Gasteiger partial charge in [0.05, 0.1) is 19.9 Å². The molecule has 152 valence electrons. The van der Waals surface area contributed by atoms with E-state index in [1.54, 1.807) is 42.6 Å². The van der Waals surface area contributed by atoms with Crippen LogP contribution in [-0.2, 0) is 19.9 Å². The number of methoxy groups -OCH3 is 2. The molecule has 1 saturated heterocycles. The van der Waals surface area contributed by atoms with Crippen LogP contribution in [0.3, 0.4) is 0 Å². The molecule has 9 nitrogen and oxygen atoms in total. The molecule has 1 aromatic heterocycles. The number of ether oxygens (including phenoxy) is 2. The van der Waals surface area contributed by atoms with Gasteiger partial charge in [-0.3, -0.25) is 14.5 Å². The Morgan fingerprint density at radius 2 is 1.86 bits per heavy atom. The molecule has 1 aliphatic heterocycles. The highest BCUT2D eigenvalue weighted by Gasteiger charge is 2.49. The van der Waals surface area contributed by atoms with Crippen LogP contribution in [0.4, 0.5) is 10.5 Å². The molecular weight excluding hydrogens is 398 g/mol. The minimum Gasteiger partial charge on any atom is -0.497 e. The molecule has 29 heavy (non-hydrogen) atoms. The summed E-state index contributed by atoms with van der Waals surface area (Å²) in [6, 6.07) is 7.58. The van der Waals surface area contributed by atoms with E-state index in [1.807, 2.05) is 0 Å². The van der Waals surface area contributed by atoms with Gasteiger partial charge in [0.15, 0.2) is 0 Å². The molecule has 4 amide bonds. The van der Waals surface area contributed by atoms with Crippen LogP contribution in [0.15, 0.2) is 35.7 Å². The second-order valence-electron chi connectivity index (χ2n) is 6.38. The van der Waals surface area contributed by atoms with Crippen molar-refractivity contribution < 1.29 is 28.7 Å². The Labute approximate surface area is 170 Å². The maximum absolute atomic E-state index is 12.9. The molecule has 0 saturated carbocycles. The summed E-state index contributed by atoms with van der Waals surface area (Å²) in [4.78, 5) is 50.5. The summed E-state index contributed by atoms with van der Waals surface area (Å²) in [5.74, 6) is -1.14. The van der Waals surface area contributed by atoms with E-state index in [2.05, 4.69) is 15.4 Å². The Morgan fingerprint density at radius 1 is 1.17 bits per heavy atom. The number of nitrogens with one attached hydrogen (secondary N) is 2. The van der Waals surface area contributed by atoms with Crippen molar-refractivity contribution in [3.63, 3.8) is 0 Å². The van der Waals surface area contributed by atoms with Gasteiger partial charge in [-0.25, -0.2) is 9.59 Å². The molecule has 10 heteroatoms. The van der Waals surface area contributed by atoms with Crippen molar-refractivity contribution in [1.29, 1.82) is 0 Å². The van der Waals surface area contributed by atoms with Crippen LogP contribution in [0.5, 0.6) is 5.75 Å². The SMILES string of the molecule is COC(=O)c1sccc1NC(=O)CN1C(=O)N[C@](C)(c2ccc(OC)cc2)C1=O. The number of anilines is 1. The standard InChI is InChI=1S/C19H19N3O6S/c1-19(11-4-6-12(27-2)7-5-11)17(25)22(18(26)21-19)10-14(23)20-13-8-9-29-15(13)16(24)28-3/h4-9H,10H2,1-3H3,(H,20,23)(H,21,26)/t19-/m1/s1. The van der Waals surface area contributed by atoms with E-state index in [4.69, 9.17) is 4.74 Å². The Hall–Kier alpha value is -3.40. The highest BCUT2D eigenvalue weighted by atomic mass is 32.1. The average molecular weight is 417 g/mol. The molecule has 0 bridgehead atoms. The molecule has 2 aromatic rings. The lowest BCUT2D eigenvalue weighted by atomic mass is 9.92. The minimum atomic E-state index is -1.30. The number of nitrogens with zero attached hydrogens (tertiary/aromatic N) is 1. The van der Waals surface area contributed by atoms with Crippen molar-refractivity contribution in [3.8, 4) is 5.75 Å². The van der Waals surface area contributed by atoms with Crippen LogP contribution in [0.1, 0.15) is 22.2 Å². The average Bonchev–Trinajstić information content (AvgIpc) is 3.26. The summed E-state index contributed by atoms with van der Waals surface area (Å²) in [6.07, 6.45) is 0. The van der Waals surface area contributed by atoms with Gasteiger partial charge in [0.1, 0.15) is 22.7 Å². The molecular formula is C19H19N3O6S. The lowest BCUT2D eigenvalue weighted by Crippen LogP contribution is -2.42. The first kappa shape index (κ1) is 20.3. The fourth-order valence-corrected chi connectivity index (χ4v) is 3.72. The van der Waals surface area contributed by atoms with Gasteiger partial charge in [0.25, 0.3) is 5.91 Å². The molecule has 0 radical (unpaired) electrons. The van der Waals surface area contributed by atoms with Crippen LogP contribution in [0.2, 0.25) is 0 Å². The molecule has 1 fully saturated rings. The largest absolute Gasteiger partial charge is 0.497 e. The van der Waals surface area contributed by atoms with Crippen LogP contribution in [0, 0.1) is 0 Å². The number of thiophene rings is 1. The number of urea groups is 1. The topological polar surface area (TPSA) is 114 Å². The van der Waals surface area contributed by atoms with E-state index in [-0.39, 0.29) is 10.6 Å². The van der Waals surface area contributed by atoms with Crippen LogP contribution in [-0.4, -0.2) is 49.5 Å². The Balaban J connectivity index is 1.74. The first-order valence-electron chi connectivity index (χ1n) is 8.54. The van der Waals surface area contributed by atoms with Gasteiger partial charge >= 0.3 is 12.0 Å². The van der Waals surface area contributed by atoms with E-state index in [9.17, 15) is 19.2 Å². The van der Waals surface area contributed by atoms with Crippen molar-refractivity contribution >= 4 is 40.8 Å². The molecule has 0 unspecified atom stereocenters. The predicted octanol–water partition coefficient (Wildman–Crippen LogP) is 1.95. The van der Waals surface area contributed by atoms with Gasteiger partial charge in [-0.05, 0) is 36.1 Å². The van der Waals surface area contributed by atoms with Crippen LogP contribution < -0.4 is 15.4 Å². The summed E-state index contributed by atoms with van der Waals surface area (Å²) in [5, 5.41) is 6.79. The number of hydrogen-bond acceptors (Lipinski definition) is 7. The first-order chi connectivity index (χ1) is 13.8. The van der Waals surface area contributed by atoms with E-state index in [0.29, 0.717) is 11.3 Å². The number of amides is 4. The number of carbonyl (C=O) groups is 4. The lowest BCUT2D eigenvalue weighted by molar-refractivity contribution is -0.133. The van der Waals surface area contributed by atoms with Gasteiger partial charge < -0.3 is 20.1 Å². The maximum atomic E-state index is 12.9. The minimum absolute atomic E-state index is 0.223. The van der Waals surface area contributed by atoms with Gasteiger partial charge in [0.2, 0.25) is 5.91 Å². The Kier molecular flexibility index (Phi) is 5.55. The van der Waals surface area contributed by atoms with Gasteiger partial charge in [-0.2, -0.15) is 0 Å². The highest BCUT2D eigenvalue weighted by Crippen LogP contribution is 2.30. The van der Waals surface area contributed by atoms with Crippen molar-refractivity contribution in [3.05, 3.63) is 46.2 Å². The number of benzene rings is 1. The molecule has 1 atom stereocenters. The van der Waals surface area contributed by atoms with E-state index in [0.717, 1.165) is 16.2 Å². The number of rotatable bonds is 6. The Bertz CT molecular complexity index is 971. The zero-order chi connectivity index (χ0) is 21.2. The molecule has 3 rings (SSSR count). The third-order valence-corrected chi connectivity index (χ3v) is 5.45. The van der Waals surface area contributed by atoms with Gasteiger partial charge in [0, 0.05) is 0 Å². The number of esters is 1.